The predicted octanol–water partition coefficient (Wildman–Crippen LogP) is 5.07. The van der Waals surface area contributed by atoms with Gasteiger partial charge >= 0.3 is 0 Å². The van der Waals surface area contributed by atoms with E-state index in [4.69, 9.17) is 0 Å². The smallest absolute Gasteiger partial charge is 0.243 e. The number of hydrogen-bond acceptors (Lipinski definition) is 4. The summed E-state index contributed by atoms with van der Waals surface area (Å²) in [4.78, 5) is 6.05. The van der Waals surface area contributed by atoms with E-state index in [0.717, 1.165) is 33.9 Å². The van der Waals surface area contributed by atoms with Crippen LogP contribution >= 0.6 is 11.8 Å². The molecule has 144 valence electrons. The molecule has 0 aliphatic carbocycles. The van der Waals surface area contributed by atoms with Crippen LogP contribution in [0.1, 0.15) is 30.0 Å². The molecule has 28 heavy (non-hydrogen) atoms. The maximum absolute atomic E-state index is 13.1. The maximum atomic E-state index is 13.1. The summed E-state index contributed by atoms with van der Waals surface area (Å²) in [7, 11) is -3.51. The van der Waals surface area contributed by atoms with Gasteiger partial charge in [-0.05, 0) is 55.7 Å². The lowest BCUT2D eigenvalue weighted by atomic mass is 10.1. The van der Waals surface area contributed by atoms with Crippen molar-refractivity contribution in [2.24, 2.45) is 0 Å². The Labute approximate surface area is 170 Å². The fraction of sp³-hybridized carbons (Fsp3) is 0.227. The van der Waals surface area contributed by atoms with Crippen LogP contribution in [0, 0.1) is 6.92 Å². The second-order valence-corrected chi connectivity index (χ2v) is 9.92. The SMILES string of the molecule is Cc1ccc(S(=O)(=O)N2CCC[C@@H]2c2ccc(Sc3ccccc3)nc2)cc1. The summed E-state index contributed by atoms with van der Waals surface area (Å²) in [6.45, 7) is 2.50. The van der Waals surface area contributed by atoms with Crippen molar-refractivity contribution in [3.05, 3.63) is 84.1 Å². The Morgan fingerprint density at radius 1 is 1.00 bits per heavy atom. The molecule has 0 N–H and O–H groups in total. The molecule has 0 amide bonds. The van der Waals surface area contributed by atoms with Crippen LogP contribution < -0.4 is 0 Å². The molecule has 0 saturated carbocycles. The van der Waals surface area contributed by atoms with Crippen LogP contribution in [-0.2, 0) is 10.0 Å². The van der Waals surface area contributed by atoms with Crippen molar-refractivity contribution in [3.8, 4) is 0 Å². The molecule has 1 aromatic heterocycles. The molecule has 1 fully saturated rings. The Bertz CT molecular complexity index is 1030. The number of nitrogens with zero attached hydrogens (tertiary/aromatic N) is 2. The maximum Gasteiger partial charge on any atom is 0.243 e. The highest BCUT2D eigenvalue weighted by molar-refractivity contribution is 7.99. The van der Waals surface area contributed by atoms with Gasteiger partial charge in [-0.3, -0.25) is 0 Å². The highest BCUT2D eigenvalue weighted by Crippen LogP contribution is 2.37. The highest BCUT2D eigenvalue weighted by Gasteiger charge is 2.36. The molecule has 2 aromatic carbocycles. The van der Waals surface area contributed by atoms with E-state index in [2.05, 4.69) is 4.98 Å². The lowest BCUT2D eigenvalue weighted by molar-refractivity contribution is 0.396. The fourth-order valence-corrected chi connectivity index (χ4v) is 5.92. The third-order valence-corrected chi connectivity index (χ3v) is 7.82. The van der Waals surface area contributed by atoms with E-state index in [1.807, 2.05) is 67.7 Å². The van der Waals surface area contributed by atoms with Gasteiger partial charge in [-0.15, -0.1) is 0 Å². The summed E-state index contributed by atoms with van der Waals surface area (Å²) in [5.74, 6) is 0. The molecule has 4 rings (SSSR count). The molecule has 2 heterocycles. The van der Waals surface area contributed by atoms with Gasteiger partial charge in [-0.25, -0.2) is 13.4 Å². The van der Waals surface area contributed by atoms with Crippen LogP contribution in [0.5, 0.6) is 0 Å². The zero-order chi connectivity index (χ0) is 19.6. The molecule has 1 saturated heterocycles. The number of aromatic nitrogens is 1. The summed E-state index contributed by atoms with van der Waals surface area (Å²) in [6, 6.07) is 21.0. The number of pyridine rings is 1. The predicted molar refractivity (Wildman–Crippen MR) is 112 cm³/mol. The fourth-order valence-electron chi connectivity index (χ4n) is 3.47. The van der Waals surface area contributed by atoms with E-state index < -0.39 is 10.0 Å². The Morgan fingerprint density at radius 2 is 1.75 bits per heavy atom. The molecule has 1 aliphatic heterocycles. The van der Waals surface area contributed by atoms with Gasteiger partial charge in [-0.2, -0.15) is 4.31 Å². The Kier molecular flexibility index (Phi) is 5.53. The number of rotatable bonds is 5. The van der Waals surface area contributed by atoms with Gasteiger partial charge in [0.1, 0.15) is 5.03 Å². The molecule has 0 bridgehead atoms. The number of benzene rings is 2. The van der Waals surface area contributed by atoms with Crippen molar-refractivity contribution < 1.29 is 8.42 Å². The van der Waals surface area contributed by atoms with Gasteiger partial charge in [0.2, 0.25) is 10.0 Å². The minimum absolute atomic E-state index is 0.158. The average Bonchev–Trinajstić information content (AvgIpc) is 3.21. The lowest BCUT2D eigenvalue weighted by Gasteiger charge is -2.24. The number of hydrogen-bond donors (Lipinski definition) is 0. The normalized spacial score (nSPS) is 17.7. The largest absolute Gasteiger partial charge is 0.249 e. The third-order valence-electron chi connectivity index (χ3n) is 4.94. The van der Waals surface area contributed by atoms with Gasteiger partial charge in [0.25, 0.3) is 0 Å². The Morgan fingerprint density at radius 3 is 2.43 bits per heavy atom. The highest BCUT2D eigenvalue weighted by atomic mass is 32.2. The Balaban J connectivity index is 1.55. The molecule has 4 nitrogen and oxygen atoms in total. The monoisotopic (exact) mass is 410 g/mol. The van der Waals surface area contributed by atoms with Crippen LogP contribution in [0.15, 0.2) is 87.7 Å². The molecule has 0 spiro atoms. The molecule has 1 atom stereocenters. The Hall–Kier alpha value is -2.15. The molecule has 6 heteroatoms. The van der Waals surface area contributed by atoms with Crippen molar-refractivity contribution in [2.45, 2.75) is 40.6 Å². The van der Waals surface area contributed by atoms with E-state index in [9.17, 15) is 8.42 Å². The first kappa shape index (κ1) is 19.2. The van der Waals surface area contributed by atoms with E-state index in [-0.39, 0.29) is 6.04 Å². The van der Waals surface area contributed by atoms with Crippen LogP contribution in [0.2, 0.25) is 0 Å². The number of sulfonamides is 1. The van der Waals surface area contributed by atoms with Crippen LogP contribution in [0.25, 0.3) is 0 Å². The van der Waals surface area contributed by atoms with Crippen molar-refractivity contribution >= 4 is 21.8 Å². The molecule has 1 aliphatic rings. The summed E-state index contributed by atoms with van der Waals surface area (Å²) in [5.41, 5.74) is 2.00. The van der Waals surface area contributed by atoms with Gasteiger partial charge < -0.3 is 0 Å². The molecular formula is C22H22N2O2S2. The van der Waals surface area contributed by atoms with Gasteiger partial charge in [0.05, 0.1) is 10.9 Å². The first-order valence-electron chi connectivity index (χ1n) is 9.31. The topological polar surface area (TPSA) is 50.3 Å². The van der Waals surface area contributed by atoms with Gasteiger partial charge in [-0.1, -0.05) is 53.7 Å². The van der Waals surface area contributed by atoms with Gasteiger partial charge in [0.15, 0.2) is 0 Å². The quantitative estimate of drug-likeness (QED) is 0.589. The summed E-state index contributed by atoms with van der Waals surface area (Å²) in [6.07, 6.45) is 3.49. The number of aryl methyl sites for hydroxylation is 1. The summed E-state index contributed by atoms with van der Waals surface area (Å²) in [5, 5.41) is 0.904. The lowest BCUT2D eigenvalue weighted by Crippen LogP contribution is -2.30. The second kappa shape index (κ2) is 8.07. The van der Waals surface area contributed by atoms with Crippen molar-refractivity contribution in [1.82, 2.24) is 9.29 Å². The zero-order valence-electron chi connectivity index (χ0n) is 15.7. The minimum Gasteiger partial charge on any atom is -0.249 e. The molecule has 0 radical (unpaired) electrons. The van der Waals surface area contributed by atoms with E-state index in [1.165, 1.54) is 0 Å². The minimum atomic E-state index is -3.51. The van der Waals surface area contributed by atoms with Crippen LogP contribution in [-0.4, -0.2) is 24.3 Å². The molecule has 0 unspecified atom stereocenters. The van der Waals surface area contributed by atoms with E-state index in [1.54, 1.807) is 28.2 Å². The van der Waals surface area contributed by atoms with Crippen molar-refractivity contribution in [3.63, 3.8) is 0 Å². The first-order chi connectivity index (χ1) is 13.5. The first-order valence-corrected chi connectivity index (χ1v) is 11.6. The van der Waals surface area contributed by atoms with E-state index in [0.29, 0.717) is 11.4 Å². The van der Waals surface area contributed by atoms with Crippen LogP contribution in [0.3, 0.4) is 0 Å². The zero-order valence-corrected chi connectivity index (χ0v) is 17.3. The summed E-state index contributed by atoms with van der Waals surface area (Å²) >= 11 is 1.60. The molecular weight excluding hydrogens is 388 g/mol. The van der Waals surface area contributed by atoms with Crippen molar-refractivity contribution in [2.75, 3.05) is 6.54 Å². The van der Waals surface area contributed by atoms with Crippen LogP contribution in [0.4, 0.5) is 0 Å². The second-order valence-electron chi connectivity index (χ2n) is 6.93. The standard InChI is InChI=1S/C22H22N2O2S2/c1-17-9-12-20(13-10-17)28(25,26)24-15-5-8-21(24)18-11-14-22(23-16-18)27-19-6-3-2-4-7-19/h2-4,6-7,9-14,16,21H,5,8,15H2,1H3/t21-/m1/s1. The van der Waals surface area contributed by atoms with Gasteiger partial charge in [0, 0.05) is 17.6 Å². The third kappa shape index (κ3) is 3.99. The molecule has 3 aromatic rings. The van der Waals surface area contributed by atoms with Crippen molar-refractivity contribution in [1.29, 1.82) is 0 Å². The average molecular weight is 411 g/mol. The summed E-state index contributed by atoms with van der Waals surface area (Å²) < 4.78 is 27.9. The van der Waals surface area contributed by atoms with E-state index >= 15 is 0 Å².